The van der Waals surface area contributed by atoms with Crippen molar-refractivity contribution < 1.29 is 9.18 Å². The van der Waals surface area contributed by atoms with E-state index in [4.69, 9.17) is 5.26 Å². The Labute approximate surface area is 106 Å². The molecule has 0 bridgehead atoms. The third kappa shape index (κ3) is 3.45. The normalized spacial score (nSPS) is 10.6. The first kappa shape index (κ1) is 14.0. The van der Waals surface area contributed by atoms with Crippen molar-refractivity contribution in [1.29, 1.82) is 5.26 Å². The molecule has 1 rings (SSSR count). The molecule has 0 aliphatic rings. The van der Waals surface area contributed by atoms with E-state index in [0.717, 1.165) is 0 Å². The van der Waals surface area contributed by atoms with E-state index in [1.54, 1.807) is 0 Å². The van der Waals surface area contributed by atoms with Crippen molar-refractivity contribution >= 4 is 11.7 Å². The van der Waals surface area contributed by atoms with Crippen molar-refractivity contribution in [3.8, 4) is 6.07 Å². The van der Waals surface area contributed by atoms with Gasteiger partial charge in [-0.15, -0.1) is 0 Å². The average Bonchev–Trinajstić information content (AvgIpc) is 2.39. The number of nitriles is 1. The second-order valence-corrected chi connectivity index (χ2v) is 3.99. The lowest BCUT2D eigenvalue weighted by Crippen LogP contribution is -2.48. The Balaban J connectivity index is 2.67. The third-order valence-electron chi connectivity index (χ3n) is 2.88. The number of anilines is 1. The molecule has 2 amide bonds. The van der Waals surface area contributed by atoms with Crippen molar-refractivity contribution in [2.24, 2.45) is 0 Å². The summed E-state index contributed by atoms with van der Waals surface area (Å²) in [5, 5.41) is 14.3. The van der Waals surface area contributed by atoms with Crippen LogP contribution >= 0.6 is 0 Å². The van der Waals surface area contributed by atoms with Gasteiger partial charge in [0.15, 0.2) is 0 Å². The van der Waals surface area contributed by atoms with Gasteiger partial charge in [-0.1, -0.05) is 13.8 Å². The Hall–Kier alpha value is -2.09. The lowest BCUT2D eigenvalue weighted by atomic mass is 9.95. The van der Waals surface area contributed by atoms with Crippen LogP contribution in [0.25, 0.3) is 0 Å². The van der Waals surface area contributed by atoms with E-state index in [0.29, 0.717) is 18.5 Å². The molecule has 0 spiro atoms. The van der Waals surface area contributed by atoms with Crippen LogP contribution in [-0.2, 0) is 0 Å². The van der Waals surface area contributed by atoms with Gasteiger partial charge in [0.25, 0.3) is 0 Å². The molecular weight excluding hydrogens is 233 g/mol. The van der Waals surface area contributed by atoms with E-state index >= 15 is 0 Å². The smallest absolute Gasteiger partial charge is 0.319 e. The molecule has 0 aromatic heterocycles. The first-order chi connectivity index (χ1) is 8.55. The molecule has 1 aromatic carbocycles. The highest BCUT2D eigenvalue weighted by Crippen LogP contribution is 2.14. The number of hydrogen-bond acceptors (Lipinski definition) is 2. The number of urea groups is 1. The highest BCUT2D eigenvalue weighted by Gasteiger charge is 2.27. The van der Waals surface area contributed by atoms with E-state index < -0.39 is 11.6 Å². The largest absolute Gasteiger partial charge is 0.320 e. The number of carbonyl (C=O) groups excluding carboxylic acids is 1. The van der Waals surface area contributed by atoms with Gasteiger partial charge in [-0.3, -0.25) is 0 Å². The average molecular weight is 249 g/mol. The third-order valence-corrected chi connectivity index (χ3v) is 2.88. The Bertz CT molecular complexity index is 446. The Kier molecular flexibility index (Phi) is 4.67. The van der Waals surface area contributed by atoms with Gasteiger partial charge < -0.3 is 10.6 Å². The van der Waals surface area contributed by atoms with Crippen LogP contribution < -0.4 is 10.6 Å². The number of nitrogens with one attached hydrogen (secondary N) is 2. The number of carbonyl (C=O) groups is 1. The van der Waals surface area contributed by atoms with Gasteiger partial charge >= 0.3 is 6.03 Å². The van der Waals surface area contributed by atoms with Gasteiger partial charge in [0, 0.05) is 5.69 Å². The quantitative estimate of drug-likeness (QED) is 0.861. The molecule has 0 heterocycles. The Morgan fingerprint density at radius 2 is 1.89 bits per heavy atom. The maximum absolute atomic E-state index is 12.7. The molecule has 0 atom stereocenters. The van der Waals surface area contributed by atoms with Crippen LogP contribution in [0.3, 0.4) is 0 Å². The molecule has 0 aliphatic heterocycles. The Morgan fingerprint density at radius 1 is 1.33 bits per heavy atom. The van der Waals surface area contributed by atoms with Crippen LogP contribution in [-0.4, -0.2) is 11.6 Å². The van der Waals surface area contributed by atoms with Gasteiger partial charge in [0.2, 0.25) is 0 Å². The summed E-state index contributed by atoms with van der Waals surface area (Å²) in [4.78, 5) is 11.7. The van der Waals surface area contributed by atoms with Crippen LogP contribution in [0.4, 0.5) is 14.9 Å². The maximum atomic E-state index is 12.7. The Morgan fingerprint density at radius 3 is 2.33 bits per heavy atom. The number of benzene rings is 1. The highest BCUT2D eigenvalue weighted by molar-refractivity contribution is 5.90. The van der Waals surface area contributed by atoms with E-state index in [9.17, 15) is 9.18 Å². The molecule has 5 heteroatoms. The zero-order chi connectivity index (χ0) is 13.6. The molecule has 0 aliphatic carbocycles. The lowest BCUT2D eigenvalue weighted by Gasteiger charge is -2.24. The summed E-state index contributed by atoms with van der Waals surface area (Å²) in [5.41, 5.74) is -0.377. The molecule has 0 saturated heterocycles. The molecule has 0 radical (unpaired) electrons. The first-order valence-electron chi connectivity index (χ1n) is 5.81. The summed E-state index contributed by atoms with van der Waals surface area (Å²) >= 11 is 0. The molecule has 0 saturated carbocycles. The van der Waals surface area contributed by atoms with Crippen molar-refractivity contribution in [3.63, 3.8) is 0 Å². The summed E-state index contributed by atoms with van der Waals surface area (Å²) in [5.74, 6) is -0.366. The van der Waals surface area contributed by atoms with Crippen LogP contribution in [0.15, 0.2) is 24.3 Å². The molecule has 18 heavy (non-hydrogen) atoms. The molecular formula is C13H16FN3O. The number of nitrogens with zero attached hydrogens (tertiary/aromatic N) is 1. The van der Waals surface area contributed by atoms with Crippen LogP contribution in [0, 0.1) is 17.1 Å². The second-order valence-electron chi connectivity index (χ2n) is 3.99. The minimum Gasteiger partial charge on any atom is -0.319 e. The summed E-state index contributed by atoms with van der Waals surface area (Å²) in [6, 6.07) is 7.07. The summed E-state index contributed by atoms with van der Waals surface area (Å²) in [7, 11) is 0. The lowest BCUT2D eigenvalue weighted by molar-refractivity contribution is 0.242. The van der Waals surface area contributed by atoms with Crippen LogP contribution in [0.5, 0.6) is 0 Å². The van der Waals surface area contributed by atoms with Crippen molar-refractivity contribution in [2.45, 2.75) is 32.2 Å². The molecule has 1 aromatic rings. The molecule has 2 N–H and O–H groups in total. The van der Waals surface area contributed by atoms with Crippen LogP contribution in [0.1, 0.15) is 26.7 Å². The second kappa shape index (κ2) is 6.01. The number of hydrogen-bond donors (Lipinski definition) is 2. The first-order valence-corrected chi connectivity index (χ1v) is 5.81. The zero-order valence-corrected chi connectivity index (χ0v) is 10.5. The predicted octanol–water partition coefficient (Wildman–Crippen LogP) is 3.03. The predicted molar refractivity (Wildman–Crippen MR) is 67.5 cm³/mol. The topological polar surface area (TPSA) is 64.9 Å². The fraction of sp³-hybridized carbons (Fsp3) is 0.385. The number of amides is 2. The maximum Gasteiger partial charge on any atom is 0.320 e. The van der Waals surface area contributed by atoms with Gasteiger partial charge in [-0.2, -0.15) is 5.26 Å². The van der Waals surface area contributed by atoms with Crippen molar-refractivity contribution in [1.82, 2.24) is 5.32 Å². The standard InChI is InChI=1S/C13H16FN3O/c1-3-13(4-2,9-15)17-12(18)16-11-7-5-10(14)6-8-11/h5-8H,3-4H2,1-2H3,(H2,16,17,18). The number of halogens is 1. The van der Waals surface area contributed by atoms with Gasteiger partial charge in [-0.25, -0.2) is 9.18 Å². The van der Waals surface area contributed by atoms with Gasteiger partial charge in [0.05, 0.1) is 6.07 Å². The molecule has 96 valence electrons. The SMILES string of the molecule is CCC(C#N)(CC)NC(=O)Nc1ccc(F)cc1. The molecule has 4 nitrogen and oxygen atoms in total. The summed E-state index contributed by atoms with van der Waals surface area (Å²) in [6.45, 7) is 3.68. The van der Waals surface area contributed by atoms with E-state index in [1.165, 1.54) is 24.3 Å². The van der Waals surface area contributed by atoms with Gasteiger partial charge in [-0.05, 0) is 37.1 Å². The fourth-order valence-corrected chi connectivity index (χ4v) is 1.53. The van der Waals surface area contributed by atoms with Crippen molar-refractivity contribution in [3.05, 3.63) is 30.1 Å². The van der Waals surface area contributed by atoms with E-state index in [1.807, 2.05) is 13.8 Å². The van der Waals surface area contributed by atoms with Crippen LogP contribution in [0.2, 0.25) is 0 Å². The van der Waals surface area contributed by atoms with Gasteiger partial charge in [0.1, 0.15) is 11.4 Å². The zero-order valence-electron chi connectivity index (χ0n) is 10.5. The summed E-state index contributed by atoms with van der Waals surface area (Å²) in [6.07, 6.45) is 1.05. The fourth-order valence-electron chi connectivity index (χ4n) is 1.53. The van der Waals surface area contributed by atoms with E-state index in [-0.39, 0.29) is 5.82 Å². The minimum absolute atomic E-state index is 0.366. The highest BCUT2D eigenvalue weighted by atomic mass is 19.1. The summed E-state index contributed by atoms with van der Waals surface area (Å²) < 4.78 is 12.7. The number of rotatable bonds is 4. The molecule has 0 unspecified atom stereocenters. The van der Waals surface area contributed by atoms with Crippen molar-refractivity contribution in [2.75, 3.05) is 5.32 Å². The minimum atomic E-state index is -0.857. The monoisotopic (exact) mass is 249 g/mol. The molecule has 0 fully saturated rings. The van der Waals surface area contributed by atoms with E-state index in [2.05, 4.69) is 16.7 Å².